The molecule has 4 heterocycles. The SMILES string of the molecule is CCc1cc(O)c(F)cc1-c1cc(F)c2c(-c3nc4c([nH]3)CN(C(=O)CN3CCC(C(=O)O)C3)CC4)n[nH]c2c1. The highest BCUT2D eigenvalue weighted by atomic mass is 19.1. The number of aromatic nitrogens is 4. The number of amides is 1. The summed E-state index contributed by atoms with van der Waals surface area (Å²) in [7, 11) is 0. The summed E-state index contributed by atoms with van der Waals surface area (Å²) >= 11 is 0. The summed E-state index contributed by atoms with van der Waals surface area (Å²) in [6.45, 7) is 3.79. The first-order valence-electron chi connectivity index (χ1n) is 13.2. The largest absolute Gasteiger partial charge is 0.505 e. The molecule has 2 aliphatic heterocycles. The van der Waals surface area contributed by atoms with Crippen LogP contribution in [0.25, 0.3) is 33.5 Å². The van der Waals surface area contributed by atoms with Crippen LogP contribution in [0.15, 0.2) is 24.3 Å². The highest BCUT2D eigenvalue weighted by Gasteiger charge is 2.31. The predicted molar refractivity (Wildman–Crippen MR) is 141 cm³/mol. The van der Waals surface area contributed by atoms with Crippen LogP contribution in [0, 0.1) is 17.6 Å². The number of rotatable bonds is 6. The average Bonchev–Trinajstić information content (AvgIpc) is 3.67. The minimum absolute atomic E-state index is 0.0752. The van der Waals surface area contributed by atoms with E-state index in [9.17, 15) is 24.2 Å². The Hall–Kier alpha value is -4.32. The van der Waals surface area contributed by atoms with Gasteiger partial charge in [-0.05, 0) is 60.3 Å². The molecule has 0 radical (unpaired) electrons. The molecule has 2 aromatic carbocycles. The molecule has 6 rings (SSSR count). The van der Waals surface area contributed by atoms with Crippen molar-refractivity contribution < 1.29 is 28.6 Å². The maximum Gasteiger partial charge on any atom is 0.307 e. The zero-order chi connectivity index (χ0) is 28.1. The van der Waals surface area contributed by atoms with E-state index in [1.807, 2.05) is 11.8 Å². The van der Waals surface area contributed by atoms with Gasteiger partial charge in [-0.25, -0.2) is 13.8 Å². The molecule has 2 aliphatic rings. The normalized spacial score (nSPS) is 17.5. The summed E-state index contributed by atoms with van der Waals surface area (Å²) in [5.74, 6) is -2.75. The summed E-state index contributed by atoms with van der Waals surface area (Å²) in [6.07, 6.45) is 1.59. The summed E-state index contributed by atoms with van der Waals surface area (Å²) in [5.41, 5.74) is 3.87. The van der Waals surface area contributed by atoms with Crippen LogP contribution in [-0.2, 0) is 29.0 Å². The van der Waals surface area contributed by atoms with Gasteiger partial charge in [-0.2, -0.15) is 5.10 Å². The lowest BCUT2D eigenvalue weighted by atomic mass is 9.96. The van der Waals surface area contributed by atoms with Gasteiger partial charge >= 0.3 is 5.97 Å². The van der Waals surface area contributed by atoms with Crippen LogP contribution in [0.2, 0.25) is 0 Å². The first kappa shape index (κ1) is 25.9. The number of carboxylic acid groups (broad SMARTS) is 1. The monoisotopic (exact) mass is 550 g/mol. The summed E-state index contributed by atoms with van der Waals surface area (Å²) in [6, 6.07) is 5.57. The number of aromatic amines is 2. The molecule has 4 aromatic rings. The maximum atomic E-state index is 15.5. The van der Waals surface area contributed by atoms with Gasteiger partial charge < -0.3 is 20.1 Å². The van der Waals surface area contributed by atoms with E-state index in [4.69, 9.17) is 0 Å². The van der Waals surface area contributed by atoms with Crippen molar-refractivity contribution in [3.63, 3.8) is 0 Å². The molecular weight excluding hydrogens is 522 g/mol. The maximum absolute atomic E-state index is 15.5. The number of H-pyrrole nitrogens is 2. The van der Waals surface area contributed by atoms with Crippen LogP contribution in [-0.4, -0.2) is 78.2 Å². The zero-order valence-electron chi connectivity index (χ0n) is 21.8. The number of phenols is 1. The Labute approximate surface area is 227 Å². The number of halogens is 2. The van der Waals surface area contributed by atoms with Crippen molar-refractivity contribution in [2.45, 2.75) is 32.7 Å². The molecule has 208 valence electrons. The summed E-state index contributed by atoms with van der Waals surface area (Å²) in [5, 5.41) is 26.4. The molecular formula is C28H28F2N6O4. The minimum Gasteiger partial charge on any atom is -0.505 e. The molecule has 0 bridgehead atoms. The molecule has 12 heteroatoms. The lowest BCUT2D eigenvalue weighted by Gasteiger charge is -2.28. The molecule has 1 fully saturated rings. The molecule has 10 nitrogen and oxygen atoms in total. The van der Waals surface area contributed by atoms with E-state index in [-0.39, 0.29) is 17.8 Å². The fourth-order valence-electron chi connectivity index (χ4n) is 5.69. The summed E-state index contributed by atoms with van der Waals surface area (Å²) < 4.78 is 29.6. The third-order valence-corrected chi connectivity index (χ3v) is 7.87. The highest BCUT2D eigenvalue weighted by molar-refractivity contribution is 5.94. The Morgan fingerprint density at radius 3 is 2.73 bits per heavy atom. The lowest BCUT2D eigenvalue weighted by molar-refractivity contribution is -0.141. The predicted octanol–water partition coefficient (Wildman–Crippen LogP) is 3.46. The van der Waals surface area contributed by atoms with Crippen LogP contribution in [0.4, 0.5) is 8.78 Å². The number of benzene rings is 2. The first-order chi connectivity index (χ1) is 19.2. The highest BCUT2D eigenvalue weighted by Crippen LogP contribution is 2.35. The Morgan fingerprint density at radius 1 is 1.15 bits per heavy atom. The van der Waals surface area contributed by atoms with E-state index < -0.39 is 29.3 Å². The van der Waals surface area contributed by atoms with Gasteiger partial charge in [-0.15, -0.1) is 0 Å². The van der Waals surface area contributed by atoms with Gasteiger partial charge in [0.2, 0.25) is 5.91 Å². The van der Waals surface area contributed by atoms with Gasteiger partial charge in [-0.3, -0.25) is 19.6 Å². The molecule has 1 unspecified atom stereocenters. The number of likely N-dealkylation sites (tertiary alicyclic amines) is 1. The van der Waals surface area contributed by atoms with Crippen LogP contribution in [0.5, 0.6) is 5.75 Å². The van der Waals surface area contributed by atoms with E-state index >= 15 is 4.39 Å². The van der Waals surface area contributed by atoms with Crippen molar-refractivity contribution in [2.75, 3.05) is 26.2 Å². The number of nitrogens with zero attached hydrogens (tertiary/aromatic N) is 4. The molecule has 40 heavy (non-hydrogen) atoms. The standard InChI is InChI=1S/C28H28F2N6O4/c1-2-14-9-23(37)18(29)10-17(14)16-7-19(30)25-21(8-16)33-34-26(25)27-31-20-4-6-36(12-22(20)32-27)24(38)13-35-5-3-15(11-35)28(39)40/h7-10,15,37H,2-6,11-13H2,1H3,(H,31,32)(H,33,34)(H,39,40). The molecule has 1 saturated heterocycles. The third kappa shape index (κ3) is 4.57. The van der Waals surface area contributed by atoms with Gasteiger partial charge in [0.1, 0.15) is 11.5 Å². The van der Waals surface area contributed by atoms with Gasteiger partial charge in [0.15, 0.2) is 17.4 Å². The lowest BCUT2D eigenvalue weighted by Crippen LogP contribution is -2.42. The van der Waals surface area contributed by atoms with Crippen molar-refractivity contribution in [1.82, 2.24) is 30.0 Å². The average molecular weight is 551 g/mol. The quantitative estimate of drug-likeness (QED) is 0.288. The first-order valence-corrected chi connectivity index (χ1v) is 13.2. The van der Waals surface area contributed by atoms with Gasteiger partial charge in [-0.1, -0.05) is 6.92 Å². The molecule has 0 aliphatic carbocycles. The van der Waals surface area contributed by atoms with Crippen LogP contribution < -0.4 is 0 Å². The zero-order valence-corrected chi connectivity index (χ0v) is 21.8. The molecule has 2 aromatic heterocycles. The fraction of sp³-hybridized carbons (Fsp3) is 0.357. The second-order valence-corrected chi connectivity index (χ2v) is 10.4. The van der Waals surface area contributed by atoms with E-state index in [0.29, 0.717) is 79.2 Å². The van der Waals surface area contributed by atoms with E-state index in [1.165, 1.54) is 18.2 Å². The van der Waals surface area contributed by atoms with Crippen LogP contribution >= 0.6 is 0 Å². The van der Waals surface area contributed by atoms with Crippen molar-refractivity contribution in [3.8, 4) is 28.4 Å². The van der Waals surface area contributed by atoms with Crippen molar-refractivity contribution in [3.05, 3.63) is 52.9 Å². The third-order valence-electron chi connectivity index (χ3n) is 7.87. The number of carbonyl (C=O) groups is 2. The van der Waals surface area contributed by atoms with Gasteiger partial charge in [0.25, 0.3) is 0 Å². The number of carbonyl (C=O) groups excluding carboxylic acids is 1. The number of carboxylic acids is 1. The fourth-order valence-corrected chi connectivity index (χ4v) is 5.69. The number of hydrogen-bond donors (Lipinski definition) is 4. The molecule has 0 spiro atoms. The number of imidazole rings is 1. The number of hydrogen-bond acceptors (Lipinski definition) is 6. The number of fused-ring (bicyclic) bond motifs is 2. The van der Waals surface area contributed by atoms with E-state index in [2.05, 4.69) is 20.2 Å². The van der Waals surface area contributed by atoms with Crippen LogP contribution in [0.3, 0.4) is 0 Å². The molecule has 1 amide bonds. The smallest absolute Gasteiger partial charge is 0.307 e. The number of phenolic OH excluding ortho intramolecular Hbond substituents is 1. The van der Waals surface area contributed by atoms with E-state index in [1.54, 1.807) is 11.0 Å². The second-order valence-electron chi connectivity index (χ2n) is 10.4. The molecule has 1 atom stereocenters. The van der Waals surface area contributed by atoms with Gasteiger partial charge in [0.05, 0.1) is 41.3 Å². The topological polar surface area (TPSA) is 138 Å². The van der Waals surface area contributed by atoms with Crippen molar-refractivity contribution >= 4 is 22.8 Å². The Kier molecular flexibility index (Phi) is 6.49. The second kappa shape index (κ2) is 10.0. The number of aryl methyl sites for hydroxylation is 1. The Bertz CT molecular complexity index is 1650. The Balaban J connectivity index is 1.24. The van der Waals surface area contributed by atoms with E-state index in [0.717, 1.165) is 11.4 Å². The Morgan fingerprint density at radius 2 is 1.98 bits per heavy atom. The number of nitrogens with one attached hydrogen (secondary N) is 2. The number of aromatic hydroxyl groups is 1. The van der Waals surface area contributed by atoms with Crippen LogP contribution in [0.1, 0.15) is 30.3 Å². The minimum atomic E-state index is -0.832. The molecule has 0 saturated carbocycles. The van der Waals surface area contributed by atoms with Gasteiger partial charge in [0, 0.05) is 19.5 Å². The number of aliphatic carboxylic acids is 1. The van der Waals surface area contributed by atoms with Crippen molar-refractivity contribution in [2.24, 2.45) is 5.92 Å². The van der Waals surface area contributed by atoms with Crippen molar-refractivity contribution in [1.29, 1.82) is 0 Å². The molecule has 4 N–H and O–H groups in total. The summed E-state index contributed by atoms with van der Waals surface area (Å²) in [4.78, 5) is 35.6.